The second-order valence-corrected chi connectivity index (χ2v) is 10.0. The predicted octanol–water partition coefficient (Wildman–Crippen LogP) is 3.03. The van der Waals surface area contributed by atoms with Gasteiger partial charge in [0.05, 0.1) is 23.1 Å². The van der Waals surface area contributed by atoms with Crippen LogP contribution in [0.1, 0.15) is 58.4 Å². The monoisotopic (exact) mass is 493 g/mol. The Morgan fingerprint density at radius 2 is 1.79 bits per heavy atom. The first-order valence-corrected chi connectivity index (χ1v) is 12.7. The van der Waals surface area contributed by atoms with Crippen LogP contribution in [0.5, 0.6) is 5.75 Å². The highest BCUT2D eigenvalue weighted by molar-refractivity contribution is 7.89. The lowest BCUT2D eigenvalue weighted by atomic mass is 9.95. The maximum atomic E-state index is 12.9. The van der Waals surface area contributed by atoms with Crippen LogP contribution in [0.15, 0.2) is 41.3 Å². The Morgan fingerprint density at radius 1 is 1.06 bits per heavy atom. The van der Waals surface area contributed by atoms with Crippen LogP contribution in [-0.2, 0) is 16.4 Å². The number of carbonyl (C=O) groups is 2. The molecular weight excluding hydrogens is 466 g/mol. The van der Waals surface area contributed by atoms with Crippen LogP contribution in [0.3, 0.4) is 0 Å². The summed E-state index contributed by atoms with van der Waals surface area (Å²) in [4.78, 5) is 25.2. The second kappa shape index (κ2) is 11.0. The highest BCUT2D eigenvalue weighted by atomic mass is 35.5. The zero-order valence-electron chi connectivity index (χ0n) is 18.4. The molecule has 3 rings (SSSR count). The first-order chi connectivity index (χ1) is 15.7. The van der Waals surface area contributed by atoms with Crippen molar-refractivity contribution in [2.45, 2.75) is 49.5 Å². The van der Waals surface area contributed by atoms with Gasteiger partial charge >= 0.3 is 0 Å². The normalized spacial score (nSPS) is 14.5. The molecule has 178 valence electrons. The van der Waals surface area contributed by atoms with Gasteiger partial charge in [0.15, 0.2) is 0 Å². The Labute approximate surface area is 198 Å². The zero-order valence-corrected chi connectivity index (χ0v) is 20.0. The van der Waals surface area contributed by atoms with Gasteiger partial charge in [0.2, 0.25) is 10.0 Å². The minimum Gasteiger partial charge on any atom is -0.496 e. The quantitative estimate of drug-likeness (QED) is 0.520. The molecule has 0 atom stereocenters. The van der Waals surface area contributed by atoms with E-state index >= 15 is 0 Å². The van der Waals surface area contributed by atoms with Crippen LogP contribution in [0.25, 0.3) is 0 Å². The van der Waals surface area contributed by atoms with Gasteiger partial charge in [0.25, 0.3) is 11.8 Å². The average Bonchev–Trinajstić information content (AvgIpc) is 2.78. The van der Waals surface area contributed by atoms with Crippen LogP contribution in [0, 0.1) is 0 Å². The van der Waals surface area contributed by atoms with E-state index in [4.69, 9.17) is 21.5 Å². The van der Waals surface area contributed by atoms with Crippen LogP contribution >= 0.6 is 11.6 Å². The van der Waals surface area contributed by atoms with Gasteiger partial charge in [-0.3, -0.25) is 9.59 Å². The molecule has 0 heterocycles. The molecule has 0 bridgehead atoms. The molecule has 8 nitrogen and oxygen atoms in total. The lowest BCUT2D eigenvalue weighted by Gasteiger charge is -2.23. The van der Waals surface area contributed by atoms with Crippen molar-refractivity contribution in [2.24, 2.45) is 5.14 Å². The number of benzene rings is 2. The number of primary sulfonamides is 1. The molecule has 0 unspecified atom stereocenters. The number of hydrogen-bond donors (Lipinski definition) is 3. The number of methoxy groups -OCH3 is 1. The Kier molecular flexibility index (Phi) is 8.34. The van der Waals surface area contributed by atoms with Crippen molar-refractivity contribution in [1.82, 2.24) is 10.6 Å². The van der Waals surface area contributed by atoms with Gasteiger partial charge in [-0.15, -0.1) is 0 Å². The summed E-state index contributed by atoms with van der Waals surface area (Å²) >= 11 is 5.98. The predicted molar refractivity (Wildman–Crippen MR) is 126 cm³/mol. The molecule has 4 N–H and O–H groups in total. The third-order valence-electron chi connectivity index (χ3n) is 5.64. The number of halogens is 1. The fraction of sp³-hybridized carbons (Fsp3) is 0.391. The van der Waals surface area contributed by atoms with Gasteiger partial charge in [0, 0.05) is 17.6 Å². The largest absolute Gasteiger partial charge is 0.496 e. The molecule has 0 aromatic heterocycles. The molecule has 1 aliphatic rings. The van der Waals surface area contributed by atoms with E-state index in [1.807, 2.05) is 0 Å². The summed E-state index contributed by atoms with van der Waals surface area (Å²) in [6, 6.07) is 9.22. The van der Waals surface area contributed by atoms with Gasteiger partial charge in [-0.05, 0) is 55.2 Å². The summed E-state index contributed by atoms with van der Waals surface area (Å²) in [7, 11) is -2.61. The number of carbonyl (C=O) groups excluding carboxylic acids is 2. The first-order valence-electron chi connectivity index (χ1n) is 10.8. The van der Waals surface area contributed by atoms with Crippen LogP contribution in [0.2, 0.25) is 5.02 Å². The molecule has 10 heteroatoms. The van der Waals surface area contributed by atoms with Gasteiger partial charge in [0.1, 0.15) is 5.75 Å². The second-order valence-electron chi connectivity index (χ2n) is 8.03. The van der Waals surface area contributed by atoms with Crippen LogP contribution in [0.4, 0.5) is 0 Å². The summed E-state index contributed by atoms with van der Waals surface area (Å²) < 4.78 is 29.3. The third kappa shape index (κ3) is 6.69. The summed E-state index contributed by atoms with van der Waals surface area (Å²) in [6.45, 7) is 0.257. The number of amides is 2. The van der Waals surface area contributed by atoms with E-state index in [0.29, 0.717) is 28.3 Å². The lowest BCUT2D eigenvalue weighted by Crippen LogP contribution is -2.37. The van der Waals surface area contributed by atoms with E-state index in [1.54, 1.807) is 18.2 Å². The zero-order chi connectivity index (χ0) is 24.0. The smallest absolute Gasteiger partial charge is 0.255 e. The first kappa shape index (κ1) is 25.0. The SMILES string of the molecule is COc1ccc(Cl)cc1C(=O)NCCc1ccc(S(N)(=O)=O)c(C(=O)NC2CCCCC2)c1. The number of sulfonamides is 1. The summed E-state index contributed by atoms with van der Waals surface area (Å²) in [5.41, 5.74) is 1.01. The minimum atomic E-state index is -4.07. The molecule has 0 radical (unpaired) electrons. The molecule has 2 amide bonds. The van der Waals surface area contributed by atoms with E-state index in [2.05, 4.69) is 10.6 Å². The molecule has 33 heavy (non-hydrogen) atoms. The van der Waals surface area contributed by atoms with E-state index in [-0.39, 0.29) is 29.0 Å². The summed E-state index contributed by atoms with van der Waals surface area (Å²) in [5, 5.41) is 11.5. The highest BCUT2D eigenvalue weighted by Gasteiger charge is 2.23. The molecule has 1 fully saturated rings. The van der Waals surface area contributed by atoms with Gasteiger partial charge in [-0.1, -0.05) is 36.9 Å². The van der Waals surface area contributed by atoms with Gasteiger partial charge < -0.3 is 15.4 Å². The van der Waals surface area contributed by atoms with E-state index in [0.717, 1.165) is 32.1 Å². The Hall–Kier alpha value is -2.62. The van der Waals surface area contributed by atoms with E-state index < -0.39 is 15.9 Å². The Bertz CT molecular complexity index is 1130. The van der Waals surface area contributed by atoms with Crippen molar-refractivity contribution in [2.75, 3.05) is 13.7 Å². The third-order valence-corrected chi connectivity index (χ3v) is 6.85. The molecule has 1 aliphatic carbocycles. The standard InChI is InChI=1S/C23H28ClN3O5S/c1-32-20-9-8-16(24)14-18(20)22(28)26-12-11-15-7-10-21(33(25,30)31)19(13-15)23(29)27-17-5-3-2-4-6-17/h7-10,13-14,17H,2-6,11-12H2,1H3,(H,26,28)(H,27,29)(H2,25,30,31). The fourth-order valence-corrected chi connectivity index (χ4v) is 4.83. The molecule has 0 aliphatic heterocycles. The number of nitrogens with one attached hydrogen (secondary N) is 2. The van der Waals surface area contributed by atoms with E-state index in [9.17, 15) is 18.0 Å². The molecular formula is C23H28ClN3O5S. The highest BCUT2D eigenvalue weighted by Crippen LogP contribution is 2.23. The Morgan fingerprint density at radius 3 is 2.45 bits per heavy atom. The van der Waals surface area contributed by atoms with Crippen LogP contribution < -0.4 is 20.5 Å². The molecule has 0 spiro atoms. The lowest BCUT2D eigenvalue weighted by molar-refractivity contribution is 0.0921. The Balaban J connectivity index is 1.72. The number of ether oxygens (including phenoxy) is 1. The molecule has 2 aromatic rings. The molecule has 2 aromatic carbocycles. The van der Waals surface area contributed by atoms with Crippen LogP contribution in [-0.4, -0.2) is 39.9 Å². The molecule has 1 saturated carbocycles. The minimum absolute atomic E-state index is 0.0170. The van der Waals surface area contributed by atoms with Gasteiger partial charge in [-0.25, -0.2) is 13.6 Å². The van der Waals surface area contributed by atoms with Crippen molar-refractivity contribution < 1.29 is 22.7 Å². The molecule has 0 saturated heterocycles. The number of nitrogens with two attached hydrogens (primary N) is 1. The van der Waals surface area contributed by atoms with Crippen molar-refractivity contribution in [3.8, 4) is 5.75 Å². The average molecular weight is 494 g/mol. The van der Waals surface area contributed by atoms with Crippen molar-refractivity contribution in [3.05, 3.63) is 58.1 Å². The fourth-order valence-electron chi connectivity index (χ4n) is 3.94. The van der Waals surface area contributed by atoms with Gasteiger partial charge in [-0.2, -0.15) is 0 Å². The topological polar surface area (TPSA) is 128 Å². The maximum Gasteiger partial charge on any atom is 0.255 e. The summed E-state index contributed by atoms with van der Waals surface area (Å²) in [5.74, 6) is -0.415. The number of rotatable bonds is 8. The van der Waals surface area contributed by atoms with Crippen molar-refractivity contribution in [3.63, 3.8) is 0 Å². The maximum absolute atomic E-state index is 12.9. The summed E-state index contributed by atoms with van der Waals surface area (Å²) in [6.07, 6.45) is 5.32. The van der Waals surface area contributed by atoms with E-state index in [1.165, 1.54) is 25.3 Å². The van der Waals surface area contributed by atoms with Crippen molar-refractivity contribution in [1.29, 1.82) is 0 Å². The van der Waals surface area contributed by atoms with Crippen molar-refractivity contribution >= 4 is 33.4 Å². The number of hydrogen-bond acceptors (Lipinski definition) is 5.